The molecule has 18 heavy (non-hydrogen) atoms. The minimum Gasteiger partial charge on any atom is -0.394 e. The first-order chi connectivity index (χ1) is 8.54. The fraction of sp³-hybridized carbons (Fsp3) is 0.615. The summed E-state index contributed by atoms with van der Waals surface area (Å²) >= 11 is 0. The number of aliphatic hydroxyl groups is 1. The van der Waals surface area contributed by atoms with E-state index in [9.17, 15) is 5.11 Å². The monoisotopic (exact) mass is 251 g/mol. The highest BCUT2D eigenvalue weighted by Crippen LogP contribution is 2.26. The molecular weight excluding hydrogens is 230 g/mol. The lowest BCUT2D eigenvalue weighted by molar-refractivity contribution is -0.101. The zero-order chi connectivity index (χ0) is 13.2. The molecule has 2 heterocycles. The number of ether oxygens (including phenoxy) is 1. The summed E-state index contributed by atoms with van der Waals surface area (Å²) in [6.07, 6.45) is 1.65. The van der Waals surface area contributed by atoms with Gasteiger partial charge in [0.1, 0.15) is 5.82 Å². The molecular formula is C13H21N3O2. The number of hydrogen-bond acceptors (Lipinski definition) is 5. The molecule has 0 saturated carbocycles. The molecule has 1 atom stereocenters. The Labute approximate surface area is 108 Å². The van der Waals surface area contributed by atoms with Crippen molar-refractivity contribution in [3.05, 3.63) is 18.3 Å². The van der Waals surface area contributed by atoms with Crippen LogP contribution in [0.1, 0.15) is 13.8 Å². The van der Waals surface area contributed by atoms with E-state index in [1.54, 1.807) is 6.20 Å². The Bertz CT molecular complexity index is 409. The quantitative estimate of drug-likeness (QED) is 0.842. The van der Waals surface area contributed by atoms with E-state index < -0.39 is 0 Å². The van der Waals surface area contributed by atoms with Crippen molar-refractivity contribution in [3.8, 4) is 0 Å². The first-order valence-corrected chi connectivity index (χ1v) is 6.21. The van der Waals surface area contributed by atoms with E-state index >= 15 is 0 Å². The maximum Gasteiger partial charge on any atom is 0.127 e. The van der Waals surface area contributed by atoms with Crippen LogP contribution >= 0.6 is 0 Å². The van der Waals surface area contributed by atoms with Crippen LogP contribution in [0, 0.1) is 0 Å². The third-order valence-electron chi connectivity index (χ3n) is 3.05. The highest BCUT2D eigenvalue weighted by molar-refractivity contribution is 5.54. The lowest BCUT2D eigenvalue weighted by Crippen LogP contribution is -2.54. The van der Waals surface area contributed by atoms with Crippen molar-refractivity contribution >= 4 is 11.5 Å². The number of anilines is 2. The van der Waals surface area contributed by atoms with Gasteiger partial charge in [-0.3, -0.25) is 0 Å². The third-order valence-corrected chi connectivity index (χ3v) is 3.05. The molecule has 2 N–H and O–H groups in total. The number of nitrogens with zero attached hydrogens (tertiary/aromatic N) is 2. The molecule has 0 spiro atoms. The second kappa shape index (κ2) is 5.12. The fourth-order valence-electron chi connectivity index (χ4n) is 2.34. The Hall–Kier alpha value is -1.33. The van der Waals surface area contributed by atoms with Gasteiger partial charge in [0.15, 0.2) is 0 Å². The molecule has 5 nitrogen and oxygen atoms in total. The molecule has 1 unspecified atom stereocenters. The van der Waals surface area contributed by atoms with Crippen LogP contribution in [0.5, 0.6) is 0 Å². The summed E-state index contributed by atoms with van der Waals surface area (Å²) < 4.78 is 5.81. The second-order valence-electron chi connectivity index (χ2n) is 5.21. The summed E-state index contributed by atoms with van der Waals surface area (Å²) in [5.74, 6) is 0.845. The van der Waals surface area contributed by atoms with Gasteiger partial charge in [-0.25, -0.2) is 4.98 Å². The average molecular weight is 251 g/mol. The molecule has 100 valence electrons. The summed E-state index contributed by atoms with van der Waals surface area (Å²) in [5, 5.41) is 12.3. The van der Waals surface area contributed by atoms with Gasteiger partial charge in [0.05, 0.1) is 18.3 Å². The number of hydrogen-bond donors (Lipinski definition) is 2. The molecule has 1 fully saturated rings. The van der Waals surface area contributed by atoms with Crippen molar-refractivity contribution in [2.75, 3.05) is 37.0 Å². The van der Waals surface area contributed by atoms with Crippen LogP contribution in [0.15, 0.2) is 18.3 Å². The van der Waals surface area contributed by atoms with Gasteiger partial charge < -0.3 is 20.1 Å². The van der Waals surface area contributed by atoms with Crippen LogP contribution < -0.4 is 10.2 Å². The second-order valence-corrected chi connectivity index (χ2v) is 5.21. The number of aromatic nitrogens is 1. The van der Waals surface area contributed by atoms with E-state index in [1.807, 2.05) is 33.0 Å². The van der Waals surface area contributed by atoms with Gasteiger partial charge in [-0.2, -0.15) is 0 Å². The molecule has 0 aromatic carbocycles. The lowest BCUT2D eigenvalue weighted by atomic mass is 10.0. The maximum absolute atomic E-state index is 9.31. The zero-order valence-corrected chi connectivity index (χ0v) is 11.2. The van der Waals surface area contributed by atoms with Crippen molar-refractivity contribution in [2.45, 2.75) is 25.6 Å². The van der Waals surface area contributed by atoms with Gasteiger partial charge in [0, 0.05) is 38.1 Å². The number of morpholine rings is 1. The number of rotatable bonds is 3. The van der Waals surface area contributed by atoms with E-state index in [0.717, 1.165) is 18.1 Å². The van der Waals surface area contributed by atoms with Crippen molar-refractivity contribution in [1.29, 1.82) is 0 Å². The van der Waals surface area contributed by atoms with Gasteiger partial charge >= 0.3 is 0 Å². The summed E-state index contributed by atoms with van der Waals surface area (Å²) in [6.45, 7) is 5.64. The van der Waals surface area contributed by atoms with Gasteiger partial charge in [-0.15, -0.1) is 0 Å². The number of aliphatic hydroxyl groups excluding tert-OH is 1. The highest BCUT2D eigenvalue weighted by Gasteiger charge is 2.33. The van der Waals surface area contributed by atoms with Crippen LogP contribution in [0.2, 0.25) is 0 Å². The lowest BCUT2D eigenvalue weighted by Gasteiger charge is -2.43. The predicted molar refractivity (Wildman–Crippen MR) is 72.0 cm³/mol. The molecule has 1 aliphatic rings. The average Bonchev–Trinajstić information content (AvgIpc) is 2.37. The topological polar surface area (TPSA) is 57.6 Å². The highest BCUT2D eigenvalue weighted by atomic mass is 16.5. The molecule has 0 amide bonds. The molecule has 0 radical (unpaired) electrons. The molecule has 1 aromatic rings. The van der Waals surface area contributed by atoms with E-state index in [2.05, 4.69) is 15.2 Å². The Balaban J connectivity index is 2.20. The molecule has 1 aromatic heterocycles. The molecule has 5 heteroatoms. The third kappa shape index (κ3) is 2.91. The minimum atomic E-state index is -0.255. The Morgan fingerprint density at radius 2 is 2.39 bits per heavy atom. The smallest absolute Gasteiger partial charge is 0.127 e. The van der Waals surface area contributed by atoms with Gasteiger partial charge in [0.2, 0.25) is 0 Å². The summed E-state index contributed by atoms with van der Waals surface area (Å²) in [6, 6.07) is 3.99. The fourth-order valence-corrected chi connectivity index (χ4v) is 2.34. The van der Waals surface area contributed by atoms with E-state index in [4.69, 9.17) is 4.74 Å². The normalized spacial score (nSPS) is 22.9. The van der Waals surface area contributed by atoms with Gasteiger partial charge in [-0.1, -0.05) is 0 Å². The maximum atomic E-state index is 9.31. The van der Waals surface area contributed by atoms with E-state index in [-0.39, 0.29) is 18.3 Å². The molecule has 0 aliphatic carbocycles. The van der Waals surface area contributed by atoms with Crippen LogP contribution in [0.25, 0.3) is 0 Å². The van der Waals surface area contributed by atoms with Crippen LogP contribution in [-0.2, 0) is 4.74 Å². The molecule has 1 aliphatic heterocycles. The Morgan fingerprint density at radius 3 is 3.06 bits per heavy atom. The van der Waals surface area contributed by atoms with Crippen molar-refractivity contribution in [1.82, 2.24) is 4.98 Å². The van der Waals surface area contributed by atoms with Crippen molar-refractivity contribution in [2.24, 2.45) is 0 Å². The minimum absolute atomic E-state index is 0.0455. The number of nitrogens with one attached hydrogen (secondary N) is 1. The van der Waals surface area contributed by atoms with Crippen LogP contribution in [-0.4, -0.2) is 48.5 Å². The summed E-state index contributed by atoms with van der Waals surface area (Å²) in [7, 11) is 1.85. The largest absolute Gasteiger partial charge is 0.394 e. The molecule has 0 bridgehead atoms. The molecule has 2 rings (SSSR count). The number of pyridine rings is 1. The van der Waals surface area contributed by atoms with E-state index in [1.165, 1.54) is 0 Å². The van der Waals surface area contributed by atoms with Gasteiger partial charge in [0.25, 0.3) is 0 Å². The first-order valence-electron chi connectivity index (χ1n) is 6.21. The Morgan fingerprint density at radius 1 is 1.61 bits per heavy atom. The Kier molecular flexibility index (Phi) is 3.73. The summed E-state index contributed by atoms with van der Waals surface area (Å²) in [5.41, 5.74) is 0.846. The predicted octanol–water partition coefficient (Wildman–Crippen LogP) is 1.10. The standard InChI is InChI=1S/C13H21N3O2/c1-13(2)9-16(7-11(8-17)18-13)10-4-5-15-12(6-10)14-3/h4-6,11,17H,7-9H2,1-3H3,(H,14,15). The molecule has 1 saturated heterocycles. The van der Waals surface area contributed by atoms with Crippen LogP contribution in [0.3, 0.4) is 0 Å². The van der Waals surface area contributed by atoms with Gasteiger partial charge in [-0.05, 0) is 19.9 Å². The van der Waals surface area contributed by atoms with Crippen molar-refractivity contribution < 1.29 is 9.84 Å². The SMILES string of the molecule is CNc1cc(N2CC(CO)OC(C)(C)C2)ccn1. The zero-order valence-electron chi connectivity index (χ0n) is 11.2. The van der Waals surface area contributed by atoms with Crippen molar-refractivity contribution in [3.63, 3.8) is 0 Å². The summed E-state index contributed by atoms with van der Waals surface area (Å²) in [4.78, 5) is 6.44. The first kappa shape index (κ1) is 13.1. The van der Waals surface area contributed by atoms with Crippen LogP contribution in [0.4, 0.5) is 11.5 Å². The van der Waals surface area contributed by atoms with E-state index in [0.29, 0.717) is 6.54 Å².